The van der Waals surface area contributed by atoms with E-state index < -0.39 is 0 Å². The van der Waals surface area contributed by atoms with Gasteiger partial charge < -0.3 is 15.4 Å². The normalized spacial score (nSPS) is 10.0. The number of nitrogens with zero attached hydrogens (tertiary/aromatic N) is 1. The molecule has 0 aliphatic carbocycles. The van der Waals surface area contributed by atoms with E-state index in [9.17, 15) is 9.59 Å². The van der Waals surface area contributed by atoms with Gasteiger partial charge in [0.1, 0.15) is 4.88 Å². The van der Waals surface area contributed by atoms with Crippen molar-refractivity contribution in [2.75, 3.05) is 26.4 Å². The lowest BCUT2D eigenvalue weighted by Crippen LogP contribution is -2.28. The number of hydrogen-bond donors (Lipinski definition) is 1. The predicted octanol–water partition coefficient (Wildman–Crippen LogP) is 1.36. The summed E-state index contributed by atoms with van der Waals surface area (Å²) in [5, 5.41) is 1.78. The van der Waals surface area contributed by atoms with Gasteiger partial charge in [0.25, 0.3) is 5.91 Å². The first kappa shape index (κ1) is 13.5. The highest BCUT2D eigenvalue weighted by atomic mass is 32.1. The summed E-state index contributed by atoms with van der Waals surface area (Å²) in [5.74, 6) is -0.371. The van der Waals surface area contributed by atoms with Crippen molar-refractivity contribution in [2.24, 2.45) is 0 Å². The number of carbonyl (C=O) groups is 2. The van der Waals surface area contributed by atoms with E-state index in [0.717, 1.165) is 0 Å². The van der Waals surface area contributed by atoms with Crippen molar-refractivity contribution < 1.29 is 14.3 Å². The van der Waals surface area contributed by atoms with Gasteiger partial charge in [-0.05, 0) is 17.9 Å². The second kappa shape index (κ2) is 6.24. The Morgan fingerprint density at radius 3 is 2.76 bits per heavy atom. The van der Waals surface area contributed by atoms with E-state index in [0.29, 0.717) is 30.0 Å². The molecule has 94 valence electrons. The van der Waals surface area contributed by atoms with E-state index in [-0.39, 0.29) is 11.9 Å². The van der Waals surface area contributed by atoms with Crippen LogP contribution in [0.15, 0.2) is 11.4 Å². The fraction of sp³-hybridized carbons (Fsp3) is 0.455. The minimum absolute atomic E-state index is 0.109. The number of thiophene rings is 1. The molecule has 5 nitrogen and oxygen atoms in total. The van der Waals surface area contributed by atoms with Crippen molar-refractivity contribution >= 4 is 28.9 Å². The third-order valence-electron chi connectivity index (χ3n) is 2.34. The Morgan fingerprint density at radius 2 is 2.24 bits per heavy atom. The highest BCUT2D eigenvalue weighted by Gasteiger charge is 2.15. The molecule has 1 amide bonds. The molecule has 1 rings (SSSR count). The summed E-state index contributed by atoms with van der Waals surface area (Å²) >= 11 is 1.32. The molecule has 1 aromatic rings. The number of methoxy groups -OCH3 is 1. The van der Waals surface area contributed by atoms with Gasteiger partial charge in [0, 0.05) is 20.0 Å². The number of nitrogen functional groups attached to an aromatic ring is 1. The van der Waals surface area contributed by atoms with Gasteiger partial charge in [-0.2, -0.15) is 0 Å². The van der Waals surface area contributed by atoms with Gasteiger partial charge in [0.05, 0.1) is 12.8 Å². The van der Waals surface area contributed by atoms with E-state index in [1.807, 2.05) is 0 Å². The van der Waals surface area contributed by atoms with E-state index in [2.05, 4.69) is 4.74 Å². The second-order valence-electron chi connectivity index (χ2n) is 3.61. The van der Waals surface area contributed by atoms with E-state index in [4.69, 9.17) is 5.73 Å². The van der Waals surface area contributed by atoms with Crippen molar-refractivity contribution in [3.8, 4) is 0 Å². The van der Waals surface area contributed by atoms with Crippen molar-refractivity contribution in [3.05, 3.63) is 16.3 Å². The van der Waals surface area contributed by atoms with Crippen LogP contribution in [0, 0.1) is 0 Å². The van der Waals surface area contributed by atoms with Gasteiger partial charge >= 0.3 is 5.97 Å². The lowest BCUT2D eigenvalue weighted by Gasteiger charge is -2.16. The molecule has 1 heterocycles. The number of anilines is 1. The van der Waals surface area contributed by atoms with Gasteiger partial charge in [-0.3, -0.25) is 9.59 Å². The molecule has 6 heteroatoms. The van der Waals surface area contributed by atoms with Crippen molar-refractivity contribution in [1.29, 1.82) is 0 Å². The third kappa shape index (κ3) is 3.74. The van der Waals surface area contributed by atoms with E-state index in [1.165, 1.54) is 18.4 Å². The maximum atomic E-state index is 11.9. The molecule has 0 radical (unpaired) electrons. The van der Waals surface area contributed by atoms with Gasteiger partial charge in [-0.25, -0.2) is 0 Å². The second-order valence-corrected chi connectivity index (χ2v) is 4.53. The number of amides is 1. The Bertz CT molecular complexity index is 403. The summed E-state index contributed by atoms with van der Waals surface area (Å²) in [5.41, 5.74) is 6.17. The molecular weight excluding hydrogens is 240 g/mol. The summed E-state index contributed by atoms with van der Waals surface area (Å²) in [6.45, 7) is 0.505. The van der Waals surface area contributed by atoms with Crippen LogP contribution in [-0.2, 0) is 9.53 Å². The smallest absolute Gasteiger partial charge is 0.305 e. The van der Waals surface area contributed by atoms with Crippen molar-refractivity contribution in [1.82, 2.24) is 4.90 Å². The van der Waals surface area contributed by atoms with Crippen LogP contribution < -0.4 is 5.73 Å². The van der Waals surface area contributed by atoms with Crippen LogP contribution in [-0.4, -0.2) is 37.5 Å². The first-order valence-electron chi connectivity index (χ1n) is 5.21. The van der Waals surface area contributed by atoms with Crippen LogP contribution >= 0.6 is 11.3 Å². The molecule has 17 heavy (non-hydrogen) atoms. The monoisotopic (exact) mass is 256 g/mol. The van der Waals surface area contributed by atoms with Crippen LogP contribution in [0.2, 0.25) is 0 Å². The summed E-state index contributed by atoms with van der Waals surface area (Å²) in [7, 11) is 3.04. The third-order valence-corrected chi connectivity index (χ3v) is 3.26. The minimum Gasteiger partial charge on any atom is -0.469 e. The Hall–Kier alpha value is -1.56. The van der Waals surface area contributed by atoms with Crippen LogP contribution in [0.4, 0.5) is 5.69 Å². The van der Waals surface area contributed by atoms with Gasteiger partial charge in [-0.15, -0.1) is 11.3 Å². The molecule has 0 bridgehead atoms. The lowest BCUT2D eigenvalue weighted by atomic mass is 10.3. The Balaban J connectivity index is 2.43. The molecule has 0 saturated heterocycles. The Morgan fingerprint density at radius 1 is 1.53 bits per heavy atom. The first-order valence-corrected chi connectivity index (χ1v) is 6.09. The molecular formula is C11H16N2O3S. The largest absolute Gasteiger partial charge is 0.469 e. The zero-order valence-corrected chi connectivity index (χ0v) is 10.8. The average molecular weight is 256 g/mol. The SMILES string of the molecule is COC(=O)CCCN(C)C(=O)c1sccc1N. The Kier molecular flexibility index (Phi) is 4.96. The number of nitrogens with two attached hydrogens (primary N) is 1. The fourth-order valence-corrected chi connectivity index (χ4v) is 2.14. The zero-order valence-electron chi connectivity index (χ0n) is 9.93. The summed E-state index contributed by atoms with van der Waals surface area (Å²) in [4.78, 5) is 24.9. The van der Waals surface area contributed by atoms with Crippen LogP contribution in [0.3, 0.4) is 0 Å². The van der Waals surface area contributed by atoms with E-state index in [1.54, 1.807) is 23.4 Å². The number of rotatable bonds is 5. The molecule has 0 fully saturated rings. The first-order chi connectivity index (χ1) is 8.06. The van der Waals surface area contributed by atoms with Crippen LogP contribution in [0.5, 0.6) is 0 Å². The van der Waals surface area contributed by atoms with E-state index >= 15 is 0 Å². The molecule has 0 saturated carbocycles. The molecule has 0 aliphatic heterocycles. The quantitative estimate of drug-likeness (QED) is 0.807. The Labute approximate surface area is 104 Å². The highest BCUT2D eigenvalue weighted by Crippen LogP contribution is 2.20. The fourth-order valence-electron chi connectivity index (χ4n) is 1.33. The van der Waals surface area contributed by atoms with Crippen molar-refractivity contribution in [2.45, 2.75) is 12.8 Å². The highest BCUT2D eigenvalue weighted by molar-refractivity contribution is 7.12. The van der Waals surface area contributed by atoms with Crippen molar-refractivity contribution in [3.63, 3.8) is 0 Å². The molecule has 0 unspecified atom stereocenters. The molecule has 0 spiro atoms. The number of esters is 1. The zero-order chi connectivity index (χ0) is 12.8. The summed E-state index contributed by atoms with van der Waals surface area (Å²) < 4.78 is 4.52. The maximum Gasteiger partial charge on any atom is 0.305 e. The van der Waals surface area contributed by atoms with Gasteiger partial charge in [-0.1, -0.05) is 0 Å². The van der Waals surface area contributed by atoms with Crippen LogP contribution in [0.25, 0.3) is 0 Å². The summed E-state index contributed by atoms with van der Waals surface area (Å²) in [6, 6.07) is 1.71. The molecule has 0 aliphatic rings. The average Bonchev–Trinajstić information content (AvgIpc) is 2.74. The molecule has 1 aromatic heterocycles. The minimum atomic E-state index is -0.263. The van der Waals surface area contributed by atoms with Gasteiger partial charge in [0.15, 0.2) is 0 Å². The predicted molar refractivity (Wildman–Crippen MR) is 66.9 cm³/mol. The number of ether oxygens (including phenoxy) is 1. The van der Waals surface area contributed by atoms with Crippen LogP contribution in [0.1, 0.15) is 22.5 Å². The number of hydrogen-bond acceptors (Lipinski definition) is 5. The standard InChI is InChI=1S/C11H16N2O3S/c1-13(6-3-4-9(14)16-2)11(15)10-8(12)5-7-17-10/h5,7H,3-4,6,12H2,1-2H3. The topological polar surface area (TPSA) is 72.6 Å². The molecule has 0 aromatic carbocycles. The molecule has 0 atom stereocenters. The van der Waals surface area contributed by atoms with Gasteiger partial charge in [0.2, 0.25) is 0 Å². The summed E-state index contributed by atoms with van der Waals surface area (Å²) in [6.07, 6.45) is 0.897. The lowest BCUT2D eigenvalue weighted by molar-refractivity contribution is -0.140. The number of carbonyl (C=O) groups excluding carboxylic acids is 2. The molecule has 2 N–H and O–H groups in total. The maximum absolute atomic E-state index is 11.9.